The third kappa shape index (κ3) is 19.2. The zero-order valence-electron chi connectivity index (χ0n) is 32.0. The molecule has 0 fully saturated rings. The fourth-order valence-electron chi connectivity index (χ4n) is 4.80. The van der Waals surface area contributed by atoms with E-state index in [0.29, 0.717) is 75.8 Å². The molecule has 310 valence electrons. The Morgan fingerprint density at radius 3 is 1.23 bits per heavy atom. The molecule has 0 aromatic carbocycles. The minimum absolute atomic E-state index is 0.0349. The smallest absolute Gasteiger partial charge is 0.408 e. The Morgan fingerprint density at radius 2 is 0.911 bits per heavy atom. The minimum atomic E-state index is -1.96. The topological polar surface area (TPSA) is 303 Å². The van der Waals surface area contributed by atoms with Gasteiger partial charge in [-0.15, -0.1) is 0 Å². The number of ether oxygens (including phenoxy) is 4. The summed E-state index contributed by atoms with van der Waals surface area (Å²) in [6.07, 6.45) is -1.04. The van der Waals surface area contributed by atoms with Crippen LogP contribution in [-0.4, -0.2) is 108 Å². The fourth-order valence-corrected chi connectivity index (χ4v) is 4.80. The molecule has 0 radical (unpaired) electrons. The van der Waals surface area contributed by atoms with Crippen molar-refractivity contribution in [2.45, 2.75) is 91.3 Å². The summed E-state index contributed by atoms with van der Waals surface area (Å²) in [5, 5.41) is 15.2. The number of nitrogens with zero attached hydrogens (tertiary/aromatic N) is 2. The van der Waals surface area contributed by atoms with Crippen molar-refractivity contribution < 1.29 is 47.7 Å². The van der Waals surface area contributed by atoms with Gasteiger partial charge in [0.15, 0.2) is 0 Å². The lowest BCUT2D eigenvalue weighted by Crippen LogP contribution is -2.50. The van der Waals surface area contributed by atoms with Gasteiger partial charge >= 0.3 is 36.2 Å². The maximum absolute atomic E-state index is 12.8. The van der Waals surface area contributed by atoms with Gasteiger partial charge in [0.2, 0.25) is 24.1 Å². The molecule has 2 rings (SSSR count). The highest BCUT2D eigenvalue weighted by Crippen LogP contribution is 2.12. The fraction of sp³-hybridized carbons (Fsp3) is 0.588. The van der Waals surface area contributed by atoms with E-state index in [1.807, 2.05) is 0 Å². The van der Waals surface area contributed by atoms with E-state index in [1.54, 1.807) is 13.8 Å². The largest absolute Gasteiger partial charge is 0.463 e. The predicted octanol–water partition coefficient (Wildman–Crippen LogP) is 1.85. The molecule has 2 heterocycles. The first-order valence-electron chi connectivity index (χ1n) is 18.3. The van der Waals surface area contributed by atoms with E-state index in [2.05, 4.69) is 51.8 Å². The van der Waals surface area contributed by atoms with Crippen LogP contribution in [0.25, 0.3) is 0 Å². The Morgan fingerprint density at radius 1 is 0.571 bits per heavy atom. The number of aryl methyl sites for hydroxylation is 2. The maximum atomic E-state index is 12.8. The Hall–Kier alpha value is -6.22. The first-order valence-corrected chi connectivity index (χ1v) is 18.3. The lowest BCUT2D eigenvalue weighted by Gasteiger charge is -2.24. The molecule has 0 saturated heterocycles. The lowest BCUT2D eigenvalue weighted by molar-refractivity contribution is -0.172. The van der Waals surface area contributed by atoms with Crippen LogP contribution >= 0.6 is 0 Å². The highest BCUT2D eigenvalue weighted by Gasteiger charge is 2.42. The van der Waals surface area contributed by atoms with Gasteiger partial charge in [-0.1, -0.05) is 25.7 Å². The summed E-state index contributed by atoms with van der Waals surface area (Å²) in [5.74, 6) is -2.18. The first kappa shape index (κ1) is 45.9. The molecule has 0 aliphatic heterocycles. The first-order chi connectivity index (χ1) is 26.8. The van der Waals surface area contributed by atoms with Crippen molar-refractivity contribution >= 4 is 48.1 Å². The van der Waals surface area contributed by atoms with Crippen molar-refractivity contribution in [3.8, 4) is 0 Å². The minimum Gasteiger partial charge on any atom is -0.463 e. The summed E-state index contributed by atoms with van der Waals surface area (Å²) < 4.78 is 20.4. The second kappa shape index (κ2) is 25.7. The van der Waals surface area contributed by atoms with Crippen LogP contribution in [0.15, 0.2) is 21.7 Å². The van der Waals surface area contributed by atoms with Crippen LogP contribution in [0, 0.1) is 13.8 Å². The predicted molar refractivity (Wildman–Crippen MR) is 200 cm³/mol. The third-order valence-electron chi connectivity index (χ3n) is 7.30. The SMILES string of the molecule is CCOC(=O)[C@H](OC(=O)NCCCCCCNC(=O)Nc1nc(C)cc(=O)[nH]1)[C@@H](OC(=O)NCCCCCCNC(=O)Nc1nc(C)cc(=O)[nH]1)C(=O)OCC. The number of H-pyrrole nitrogens is 2. The van der Waals surface area contributed by atoms with Crippen molar-refractivity contribution in [1.29, 1.82) is 0 Å². The number of nitrogens with one attached hydrogen (secondary N) is 8. The van der Waals surface area contributed by atoms with Crippen LogP contribution < -0.4 is 43.0 Å². The van der Waals surface area contributed by atoms with Gasteiger partial charge < -0.3 is 40.2 Å². The quantitative estimate of drug-likeness (QED) is 0.0453. The van der Waals surface area contributed by atoms with Crippen molar-refractivity contribution in [2.24, 2.45) is 0 Å². The number of urea groups is 2. The van der Waals surface area contributed by atoms with E-state index >= 15 is 0 Å². The second-order valence-electron chi connectivity index (χ2n) is 12.1. The van der Waals surface area contributed by atoms with Gasteiger partial charge in [-0.3, -0.25) is 30.2 Å². The van der Waals surface area contributed by atoms with Gasteiger partial charge in [0.05, 0.1) is 13.2 Å². The van der Waals surface area contributed by atoms with Crippen molar-refractivity contribution in [3.63, 3.8) is 0 Å². The number of rotatable bonds is 23. The Kier molecular flexibility index (Phi) is 21.1. The molecule has 22 heteroatoms. The van der Waals surface area contributed by atoms with Crippen LogP contribution in [0.3, 0.4) is 0 Å². The summed E-state index contributed by atoms with van der Waals surface area (Å²) >= 11 is 0. The average molecular weight is 793 g/mol. The number of carbonyl (C=O) groups excluding carboxylic acids is 6. The number of hydrogen-bond acceptors (Lipinski definition) is 14. The standard InChI is InChI=1S/C34H52N10O12/c1-5-53-27(47)25(55-33(51)37-17-13-9-7-11-15-35-31(49)43-29-39-21(3)19-23(45)41-29)26(28(48)54-6-2)56-34(52)38-18-14-10-8-12-16-36-32(50)44-30-40-22(4)20-24(46)42-30/h19-20,25-26H,5-18H2,1-4H3,(H,37,51)(H,38,52)(H3,35,39,41,43,45,49)(H3,36,40,42,44,46,50)/t25-,26-/m1/s1. The summed E-state index contributed by atoms with van der Waals surface area (Å²) in [6, 6.07) is 1.54. The van der Waals surface area contributed by atoms with Gasteiger partial charge in [-0.05, 0) is 53.4 Å². The summed E-state index contributed by atoms with van der Waals surface area (Å²) in [7, 11) is 0. The average Bonchev–Trinajstić information content (AvgIpc) is 3.11. The van der Waals surface area contributed by atoms with E-state index in [4.69, 9.17) is 18.9 Å². The summed E-state index contributed by atoms with van der Waals surface area (Å²) in [4.78, 5) is 111. The Balaban J connectivity index is 1.71. The van der Waals surface area contributed by atoms with Crippen LogP contribution in [0.4, 0.5) is 31.1 Å². The molecule has 6 amide bonds. The molecule has 0 bridgehead atoms. The van der Waals surface area contributed by atoms with E-state index in [0.717, 1.165) is 0 Å². The lowest BCUT2D eigenvalue weighted by atomic mass is 10.2. The molecular formula is C34H52N10O12. The molecule has 0 aliphatic carbocycles. The molecule has 8 N–H and O–H groups in total. The molecular weight excluding hydrogens is 740 g/mol. The Bertz CT molecular complexity index is 1590. The van der Waals surface area contributed by atoms with Crippen LogP contribution in [-0.2, 0) is 28.5 Å². The van der Waals surface area contributed by atoms with Crippen LogP contribution in [0.5, 0.6) is 0 Å². The monoisotopic (exact) mass is 792 g/mol. The third-order valence-corrected chi connectivity index (χ3v) is 7.30. The highest BCUT2D eigenvalue weighted by atomic mass is 16.6. The van der Waals surface area contributed by atoms with Gasteiger partial charge in [0, 0.05) is 49.7 Å². The number of carbonyl (C=O) groups is 6. The van der Waals surface area contributed by atoms with E-state index in [-0.39, 0.29) is 49.3 Å². The highest BCUT2D eigenvalue weighted by molar-refractivity contribution is 5.89. The van der Waals surface area contributed by atoms with Gasteiger partial charge in [0.1, 0.15) is 0 Å². The van der Waals surface area contributed by atoms with Crippen LogP contribution in [0.1, 0.15) is 76.6 Å². The molecule has 2 aromatic heterocycles. The number of esters is 2. The molecule has 0 aliphatic rings. The summed E-state index contributed by atoms with van der Waals surface area (Å²) in [5.41, 5.74) is 0.143. The number of amides is 6. The van der Waals surface area contributed by atoms with Crippen molar-refractivity contribution in [1.82, 2.24) is 41.2 Å². The maximum Gasteiger partial charge on any atom is 0.408 e. The number of hydrogen-bond donors (Lipinski definition) is 8. The number of alkyl carbamates (subject to hydrolysis) is 2. The molecule has 56 heavy (non-hydrogen) atoms. The zero-order valence-corrected chi connectivity index (χ0v) is 32.0. The number of anilines is 2. The second-order valence-corrected chi connectivity index (χ2v) is 12.1. The number of aromatic nitrogens is 4. The van der Waals surface area contributed by atoms with Gasteiger partial charge in [0.25, 0.3) is 11.1 Å². The molecule has 0 spiro atoms. The Labute approximate surface area is 322 Å². The van der Waals surface area contributed by atoms with E-state index < -0.39 is 48.4 Å². The van der Waals surface area contributed by atoms with Crippen LogP contribution in [0.2, 0.25) is 0 Å². The molecule has 2 atom stereocenters. The molecule has 22 nitrogen and oxygen atoms in total. The number of aromatic amines is 2. The van der Waals surface area contributed by atoms with E-state index in [1.165, 1.54) is 26.0 Å². The number of unbranched alkanes of at least 4 members (excludes halogenated alkanes) is 6. The van der Waals surface area contributed by atoms with Gasteiger partial charge in [-0.2, -0.15) is 0 Å². The summed E-state index contributed by atoms with van der Waals surface area (Å²) in [6.45, 7) is 7.02. The van der Waals surface area contributed by atoms with Crippen molar-refractivity contribution in [3.05, 3.63) is 44.2 Å². The normalized spacial score (nSPS) is 11.6. The molecule has 2 aromatic rings. The molecule has 0 saturated carbocycles. The van der Waals surface area contributed by atoms with Gasteiger partial charge in [-0.25, -0.2) is 38.7 Å². The zero-order chi connectivity index (χ0) is 41.3. The molecule has 0 unspecified atom stereocenters. The van der Waals surface area contributed by atoms with E-state index in [9.17, 15) is 38.4 Å². The van der Waals surface area contributed by atoms with Crippen molar-refractivity contribution in [2.75, 3.05) is 50.0 Å².